The van der Waals surface area contributed by atoms with Crippen LogP contribution in [0, 0.1) is 0 Å². The number of hydrogen-bond donors (Lipinski definition) is 4. The number of fused-ring (bicyclic) bond motifs is 1. The quantitative estimate of drug-likeness (QED) is 0.633. The van der Waals surface area contributed by atoms with Crippen LogP contribution >= 0.6 is 0 Å². The van der Waals surface area contributed by atoms with Crippen molar-refractivity contribution < 1.29 is 9.90 Å². The van der Waals surface area contributed by atoms with Crippen molar-refractivity contribution in [3.05, 3.63) is 36.0 Å². The molecular formula is C14H19N3O2. The topological polar surface area (TPSA) is 91.1 Å². The molecule has 5 nitrogen and oxygen atoms in total. The Morgan fingerprint density at radius 1 is 1.47 bits per heavy atom. The van der Waals surface area contributed by atoms with Crippen LogP contribution in [0.2, 0.25) is 0 Å². The first-order valence-corrected chi connectivity index (χ1v) is 6.33. The van der Waals surface area contributed by atoms with Gasteiger partial charge in [0.2, 0.25) is 5.91 Å². The fraction of sp³-hybridized carbons (Fsp3) is 0.357. The fourth-order valence-corrected chi connectivity index (χ4v) is 2.06. The van der Waals surface area contributed by atoms with E-state index in [1.165, 1.54) is 0 Å². The number of nitrogens with two attached hydrogens (primary N) is 1. The summed E-state index contributed by atoms with van der Waals surface area (Å²) in [7, 11) is 0. The summed E-state index contributed by atoms with van der Waals surface area (Å²) in [6.45, 7) is 1.51. The minimum atomic E-state index is -0.572. The molecule has 1 heterocycles. The number of benzene rings is 1. The molecule has 1 aromatic heterocycles. The fourth-order valence-electron chi connectivity index (χ4n) is 2.06. The van der Waals surface area contributed by atoms with E-state index in [0.717, 1.165) is 16.5 Å². The zero-order valence-electron chi connectivity index (χ0n) is 10.9. The number of aromatic amines is 1. The van der Waals surface area contributed by atoms with E-state index in [-0.39, 0.29) is 18.6 Å². The van der Waals surface area contributed by atoms with Gasteiger partial charge in [-0.25, -0.2) is 0 Å². The van der Waals surface area contributed by atoms with E-state index in [4.69, 9.17) is 5.73 Å². The van der Waals surface area contributed by atoms with Gasteiger partial charge in [-0.1, -0.05) is 18.2 Å². The summed E-state index contributed by atoms with van der Waals surface area (Å²) >= 11 is 0. The van der Waals surface area contributed by atoms with Gasteiger partial charge in [0.05, 0.1) is 18.7 Å². The van der Waals surface area contributed by atoms with Crippen LogP contribution < -0.4 is 11.1 Å². The summed E-state index contributed by atoms with van der Waals surface area (Å²) in [5.74, 6) is -0.251. The SMILES string of the molecule is CC(N)C(=O)NC(CO)Cc1c[nH]c2ccccc12. The third kappa shape index (κ3) is 3.13. The number of carbonyl (C=O) groups excluding carboxylic acids is 1. The van der Waals surface area contributed by atoms with Crippen molar-refractivity contribution in [3.63, 3.8) is 0 Å². The van der Waals surface area contributed by atoms with Gasteiger partial charge in [-0.2, -0.15) is 0 Å². The number of aliphatic hydroxyl groups excluding tert-OH is 1. The van der Waals surface area contributed by atoms with Crippen LogP contribution in [-0.2, 0) is 11.2 Å². The molecule has 0 spiro atoms. The summed E-state index contributed by atoms with van der Waals surface area (Å²) in [6.07, 6.45) is 2.48. The van der Waals surface area contributed by atoms with E-state index in [1.54, 1.807) is 6.92 Å². The molecule has 2 aromatic rings. The van der Waals surface area contributed by atoms with Gasteiger partial charge in [0.1, 0.15) is 0 Å². The van der Waals surface area contributed by atoms with E-state index >= 15 is 0 Å². The number of rotatable bonds is 5. The number of aromatic nitrogens is 1. The van der Waals surface area contributed by atoms with E-state index in [9.17, 15) is 9.90 Å². The van der Waals surface area contributed by atoms with E-state index in [0.29, 0.717) is 6.42 Å². The molecular weight excluding hydrogens is 242 g/mol. The molecule has 1 amide bonds. The first-order chi connectivity index (χ1) is 9.11. The zero-order valence-corrected chi connectivity index (χ0v) is 10.9. The lowest BCUT2D eigenvalue weighted by Crippen LogP contribution is -2.46. The van der Waals surface area contributed by atoms with Gasteiger partial charge in [0.25, 0.3) is 0 Å². The number of hydrogen-bond acceptors (Lipinski definition) is 3. The second-order valence-electron chi connectivity index (χ2n) is 4.74. The lowest BCUT2D eigenvalue weighted by Gasteiger charge is -2.17. The number of para-hydroxylation sites is 1. The molecule has 5 heteroatoms. The van der Waals surface area contributed by atoms with Gasteiger partial charge in [-0.15, -0.1) is 0 Å². The maximum absolute atomic E-state index is 11.5. The average Bonchev–Trinajstić information content (AvgIpc) is 2.81. The predicted octanol–water partition coefficient (Wildman–Crippen LogP) is 0.535. The summed E-state index contributed by atoms with van der Waals surface area (Å²) in [5.41, 5.74) is 7.62. The maximum atomic E-state index is 11.5. The number of aliphatic hydroxyl groups is 1. The van der Waals surface area contributed by atoms with Crippen LogP contribution in [0.5, 0.6) is 0 Å². The van der Waals surface area contributed by atoms with E-state index in [1.807, 2.05) is 30.5 Å². The lowest BCUT2D eigenvalue weighted by molar-refractivity contribution is -0.123. The molecule has 0 radical (unpaired) electrons. The van der Waals surface area contributed by atoms with Crippen molar-refractivity contribution in [1.29, 1.82) is 0 Å². The van der Waals surface area contributed by atoms with Gasteiger partial charge in [-0.3, -0.25) is 4.79 Å². The minimum absolute atomic E-state index is 0.113. The third-order valence-electron chi connectivity index (χ3n) is 3.12. The van der Waals surface area contributed by atoms with Crippen molar-refractivity contribution in [2.75, 3.05) is 6.61 Å². The van der Waals surface area contributed by atoms with Gasteiger partial charge in [0, 0.05) is 17.1 Å². The maximum Gasteiger partial charge on any atom is 0.236 e. The molecule has 1 aromatic carbocycles. The van der Waals surface area contributed by atoms with Crippen LogP contribution in [0.3, 0.4) is 0 Å². The smallest absolute Gasteiger partial charge is 0.236 e. The van der Waals surface area contributed by atoms with E-state index in [2.05, 4.69) is 10.3 Å². The van der Waals surface area contributed by atoms with Gasteiger partial charge >= 0.3 is 0 Å². The highest BCUT2D eigenvalue weighted by Gasteiger charge is 2.16. The van der Waals surface area contributed by atoms with Crippen LogP contribution in [-0.4, -0.2) is 34.7 Å². The van der Waals surface area contributed by atoms with Crippen LogP contribution in [0.15, 0.2) is 30.5 Å². The molecule has 5 N–H and O–H groups in total. The average molecular weight is 261 g/mol. The Bertz CT molecular complexity index is 563. The highest BCUT2D eigenvalue weighted by Crippen LogP contribution is 2.18. The molecule has 0 saturated carbocycles. The normalized spacial score (nSPS) is 14.3. The molecule has 0 aliphatic heterocycles. The Labute approximate surface area is 111 Å². The highest BCUT2D eigenvalue weighted by molar-refractivity contribution is 5.83. The van der Waals surface area contributed by atoms with Crippen molar-refractivity contribution in [3.8, 4) is 0 Å². The monoisotopic (exact) mass is 261 g/mol. The summed E-state index contributed by atoms with van der Waals surface area (Å²) < 4.78 is 0. The molecule has 2 atom stereocenters. The number of nitrogens with one attached hydrogen (secondary N) is 2. The summed E-state index contributed by atoms with van der Waals surface area (Å²) in [6, 6.07) is 7.05. The van der Waals surface area contributed by atoms with Crippen LogP contribution in [0.25, 0.3) is 10.9 Å². The van der Waals surface area contributed by atoms with Crippen molar-refractivity contribution in [2.24, 2.45) is 5.73 Å². The molecule has 0 aliphatic carbocycles. The lowest BCUT2D eigenvalue weighted by atomic mass is 10.1. The first kappa shape index (κ1) is 13.6. The molecule has 19 heavy (non-hydrogen) atoms. The second-order valence-corrected chi connectivity index (χ2v) is 4.74. The summed E-state index contributed by atoms with van der Waals surface area (Å²) in [4.78, 5) is 14.7. The predicted molar refractivity (Wildman–Crippen MR) is 74.7 cm³/mol. The molecule has 0 saturated heterocycles. The van der Waals surface area contributed by atoms with Crippen LogP contribution in [0.4, 0.5) is 0 Å². The number of carbonyl (C=O) groups is 1. The zero-order chi connectivity index (χ0) is 13.8. The Hall–Kier alpha value is -1.85. The van der Waals surface area contributed by atoms with Crippen molar-refractivity contribution in [1.82, 2.24) is 10.3 Å². The highest BCUT2D eigenvalue weighted by atomic mass is 16.3. The molecule has 2 unspecified atom stereocenters. The van der Waals surface area contributed by atoms with Crippen molar-refractivity contribution >= 4 is 16.8 Å². The molecule has 0 fully saturated rings. The van der Waals surface area contributed by atoms with Crippen molar-refractivity contribution in [2.45, 2.75) is 25.4 Å². The van der Waals surface area contributed by atoms with Gasteiger partial charge in [-0.05, 0) is 25.0 Å². The number of H-pyrrole nitrogens is 1. The second kappa shape index (κ2) is 5.86. The molecule has 0 bridgehead atoms. The standard InChI is InChI=1S/C14H19N3O2/c1-9(15)14(19)17-11(8-18)6-10-7-16-13-5-3-2-4-12(10)13/h2-5,7,9,11,16,18H,6,8,15H2,1H3,(H,17,19). The first-order valence-electron chi connectivity index (χ1n) is 6.33. The molecule has 0 aliphatic rings. The van der Waals surface area contributed by atoms with Gasteiger partial charge < -0.3 is 21.1 Å². The Morgan fingerprint density at radius 2 is 2.21 bits per heavy atom. The summed E-state index contributed by atoms with van der Waals surface area (Å²) in [5, 5.41) is 13.2. The largest absolute Gasteiger partial charge is 0.394 e. The van der Waals surface area contributed by atoms with Gasteiger partial charge in [0.15, 0.2) is 0 Å². The minimum Gasteiger partial charge on any atom is -0.394 e. The van der Waals surface area contributed by atoms with Crippen LogP contribution in [0.1, 0.15) is 12.5 Å². The Morgan fingerprint density at radius 3 is 2.89 bits per heavy atom. The molecule has 102 valence electrons. The number of amides is 1. The third-order valence-corrected chi connectivity index (χ3v) is 3.12. The molecule has 2 rings (SSSR count). The van der Waals surface area contributed by atoms with E-state index < -0.39 is 6.04 Å². The Balaban J connectivity index is 2.12. The Kier molecular flexibility index (Phi) is 4.19.